The lowest BCUT2D eigenvalue weighted by molar-refractivity contribution is -0.161. The van der Waals surface area contributed by atoms with E-state index >= 15 is 0 Å². The maximum absolute atomic E-state index is 13.2. The number of carbonyl (C=O) groups is 4. The summed E-state index contributed by atoms with van der Waals surface area (Å²) in [6.45, 7) is 9.80. The number of unbranched alkanes of at least 4 members (excludes halogenated alkanes) is 64. The van der Waals surface area contributed by atoms with Gasteiger partial charge in [-0.3, -0.25) is 37.3 Å². The van der Waals surface area contributed by atoms with Gasteiger partial charge < -0.3 is 33.8 Å². The van der Waals surface area contributed by atoms with Crippen molar-refractivity contribution in [2.24, 2.45) is 11.8 Å². The molecule has 0 rings (SSSR count). The van der Waals surface area contributed by atoms with Gasteiger partial charge in [0.05, 0.1) is 26.4 Å². The molecule has 0 radical (unpaired) electrons. The summed E-state index contributed by atoms with van der Waals surface area (Å²) in [7, 11) is -9.94. The molecule has 0 aromatic heterocycles. The Bertz CT molecular complexity index is 2170. The zero-order valence-electron chi connectivity index (χ0n) is 75.4. The summed E-state index contributed by atoms with van der Waals surface area (Å²) in [5, 5.41) is 10.7. The lowest BCUT2D eigenvalue weighted by Gasteiger charge is -2.21. The molecule has 0 aliphatic carbocycles. The van der Waals surface area contributed by atoms with Crippen LogP contribution < -0.4 is 0 Å². The fourth-order valence-electron chi connectivity index (χ4n) is 15.0. The molecule has 0 saturated heterocycles. The van der Waals surface area contributed by atoms with Crippen LogP contribution in [0, 0.1) is 11.8 Å². The summed E-state index contributed by atoms with van der Waals surface area (Å²) in [5.41, 5.74) is 0. The molecule has 17 nitrogen and oxygen atoms in total. The number of phosphoric acid groups is 2. The summed E-state index contributed by atoms with van der Waals surface area (Å²) in [6.07, 6.45) is 82.0. The molecule has 0 fully saturated rings. The van der Waals surface area contributed by atoms with E-state index in [1.54, 1.807) is 0 Å². The summed E-state index contributed by atoms with van der Waals surface area (Å²) < 4.78 is 69.2. The van der Waals surface area contributed by atoms with E-state index in [-0.39, 0.29) is 25.7 Å². The lowest BCUT2D eigenvalue weighted by Crippen LogP contribution is -2.30. The highest BCUT2D eigenvalue weighted by molar-refractivity contribution is 7.47. The molecule has 678 valence electrons. The average Bonchev–Trinajstić information content (AvgIpc) is 0.898. The Morgan fingerprint density at radius 3 is 0.596 bits per heavy atom. The molecule has 5 atom stereocenters. The fourth-order valence-corrected chi connectivity index (χ4v) is 16.6. The number of aliphatic hydroxyl groups is 1. The molecule has 0 aromatic rings. The maximum Gasteiger partial charge on any atom is 0.472 e. The van der Waals surface area contributed by atoms with Gasteiger partial charge in [-0.05, 0) is 37.5 Å². The third-order valence-corrected chi connectivity index (χ3v) is 24.4. The number of ether oxygens (including phenoxy) is 4. The van der Waals surface area contributed by atoms with Crippen molar-refractivity contribution < 1.29 is 80.2 Å². The molecule has 0 amide bonds. The molecular weight excluding hydrogens is 1470 g/mol. The molecule has 19 heteroatoms. The zero-order valence-corrected chi connectivity index (χ0v) is 77.2. The van der Waals surface area contributed by atoms with Crippen molar-refractivity contribution in [3.05, 3.63) is 0 Å². The van der Waals surface area contributed by atoms with Crippen molar-refractivity contribution in [1.82, 2.24) is 0 Å². The highest BCUT2D eigenvalue weighted by Gasteiger charge is 2.31. The van der Waals surface area contributed by atoms with E-state index in [1.165, 1.54) is 334 Å². The van der Waals surface area contributed by atoms with E-state index in [0.717, 1.165) is 102 Å². The third-order valence-electron chi connectivity index (χ3n) is 22.5. The first-order chi connectivity index (χ1) is 55.4. The summed E-state index contributed by atoms with van der Waals surface area (Å²) in [5.74, 6) is -0.460. The molecule has 0 bridgehead atoms. The SMILES string of the molecule is CCCCCCCCCCCCCCCCCCCCCCCC(=O)OC[C@H](COP(=O)(O)OC[C@@H](O)COP(=O)(O)OC[C@@H](COC(=O)CCCCCCCCCCCCCCC)OC(=O)CCCCCCCCCCCCCCCCCCC(C)C)OC(=O)CCCCCCCCCCCCCCCCCCCCC(C)C. The van der Waals surface area contributed by atoms with Crippen LogP contribution >= 0.6 is 15.6 Å². The van der Waals surface area contributed by atoms with Gasteiger partial charge in [0, 0.05) is 25.7 Å². The minimum absolute atomic E-state index is 0.109. The van der Waals surface area contributed by atoms with Gasteiger partial charge in [-0.15, -0.1) is 0 Å². The Morgan fingerprint density at radius 1 is 0.237 bits per heavy atom. The molecule has 3 N–H and O–H groups in total. The Labute approximate surface area is 702 Å². The first kappa shape index (κ1) is 112. The number of carbonyl (C=O) groups excluding carboxylic acids is 4. The molecule has 2 unspecified atom stereocenters. The van der Waals surface area contributed by atoms with E-state index in [1.807, 2.05) is 0 Å². The standard InChI is InChI=1S/C95H186O17P2/c1-7-9-11-13-15-17-19-21-22-23-24-25-26-30-36-42-48-54-60-66-72-78-93(98)106-84-91(112-94(99)79-73-67-61-55-49-43-37-31-28-27-29-34-40-45-51-57-63-69-75-87(3)4)86-110-114(103,104)108-82-89(96)81-107-113(101,102)109-85-90(83-105-92(97)77-71-65-59-53-47-39-20-18-16-14-12-10-8-2)111-95(100)80-74-68-62-56-50-44-38-33-32-35-41-46-52-58-64-70-76-88(5)6/h87-91,96H,7-86H2,1-6H3,(H,101,102)(H,103,104)/t89-,90+,91+/m0/s1. The van der Waals surface area contributed by atoms with Gasteiger partial charge in [0.25, 0.3) is 0 Å². The first-order valence-electron chi connectivity index (χ1n) is 49.0. The molecular formula is C95H186O17P2. The van der Waals surface area contributed by atoms with Crippen molar-refractivity contribution >= 4 is 39.5 Å². The van der Waals surface area contributed by atoms with Crippen molar-refractivity contribution in [3.63, 3.8) is 0 Å². The largest absolute Gasteiger partial charge is 0.472 e. The Kier molecular flexibility index (Phi) is 84.6. The van der Waals surface area contributed by atoms with Gasteiger partial charge in [0.1, 0.15) is 19.3 Å². The van der Waals surface area contributed by atoms with Crippen LogP contribution in [0.25, 0.3) is 0 Å². The molecule has 0 spiro atoms. The van der Waals surface area contributed by atoms with E-state index < -0.39 is 97.5 Å². The number of aliphatic hydroxyl groups excluding tert-OH is 1. The Balaban J connectivity index is 5.25. The fraction of sp³-hybridized carbons (Fsp3) is 0.958. The number of rotatable bonds is 94. The molecule has 0 aliphatic rings. The number of phosphoric ester groups is 2. The highest BCUT2D eigenvalue weighted by Crippen LogP contribution is 2.45. The minimum Gasteiger partial charge on any atom is -0.462 e. The van der Waals surface area contributed by atoms with Gasteiger partial charge in [-0.2, -0.15) is 0 Å². The molecule has 0 heterocycles. The first-order valence-corrected chi connectivity index (χ1v) is 52.0. The topological polar surface area (TPSA) is 237 Å². The number of hydrogen-bond donors (Lipinski definition) is 3. The van der Waals surface area contributed by atoms with Gasteiger partial charge in [-0.1, -0.05) is 465 Å². The smallest absolute Gasteiger partial charge is 0.462 e. The minimum atomic E-state index is -4.97. The van der Waals surface area contributed by atoms with Gasteiger partial charge in [0.15, 0.2) is 12.2 Å². The second kappa shape index (κ2) is 86.0. The number of esters is 4. The second-order valence-corrected chi connectivity index (χ2v) is 38.0. The Morgan fingerprint density at radius 2 is 0.404 bits per heavy atom. The van der Waals surface area contributed by atoms with Crippen LogP contribution in [-0.4, -0.2) is 96.7 Å². The van der Waals surface area contributed by atoms with Crippen molar-refractivity contribution in [2.75, 3.05) is 39.6 Å². The highest BCUT2D eigenvalue weighted by atomic mass is 31.2. The van der Waals surface area contributed by atoms with Crippen LogP contribution in [0.5, 0.6) is 0 Å². The van der Waals surface area contributed by atoms with Crippen LogP contribution in [0.3, 0.4) is 0 Å². The van der Waals surface area contributed by atoms with Gasteiger partial charge in [-0.25, -0.2) is 9.13 Å². The van der Waals surface area contributed by atoms with E-state index in [9.17, 15) is 43.2 Å². The van der Waals surface area contributed by atoms with E-state index in [0.29, 0.717) is 25.7 Å². The lowest BCUT2D eigenvalue weighted by atomic mass is 10.0. The summed E-state index contributed by atoms with van der Waals surface area (Å²) >= 11 is 0. The van der Waals surface area contributed by atoms with Crippen molar-refractivity contribution in [3.8, 4) is 0 Å². The molecule has 114 heavy (non-hydrogen) atoms. The number of hydrogen-bond acceptors (Lipinski definition) is 15. The van der Waals surface area contributed by atoms with Gasteiger partial charge >= 0.3 is 39.5 Å². The predicted molar refractivity (Wildman–Crippen MR) is 474 cm³/mol. The predicted octanol–water partition coefficient (Wildman–Crippen LogP) is 29.7. The van der Waals surface area contributed by atoms with Crippen LogP contribution in [0.4, 0.5) is 0 Å². The average molecular weight is 1660 g/mol. The van der Waals surface area contributed by atoms with E-state index in [4.69, 9.17) is 37.0 Å². The van der Waals surface area contributed by atoms with Crippen LogP contribution in [0.2, 0.25) is 0 Å². The zero-order chi connectivity index (χ0) is 83.4. The Hall–Kier alpha value is -1.94. The third kappa shape index (κ3) is 87.9. The van der Waals surface area contributed by atoms with Crippen LogP contribution in [0.15, 0.2) is 0 Å². The summed E-state index contributed by atoms with van der Waals surface area (Å²) in [6, 6.07) is 0. The summed E-state index contributed by atoms with van der Waals surface area (Å²) in [4.78, 5) is 73.6. The maximum atomic E-state index is 13.2. The van der Waals surface area contributed by atoms with Crippen LogP contribution in [0.1, 0.15) is 517 Å². The molecule has 0 aromatic carbocycles. The van der Waals surface area contributed by atoms with Gasteiger partial charge in [0.2, 0.25) is 0 Å². The van der Waals surface area contributed by atoms with Crippen molar-refractivity contribution in [2.45, 2.75) is 535 Å². The van der Waals surface area contributed by atoms with E-state index in [2.05, 4.69) is 41.5 Å². The quantitative estimate of drug-likeness (QED) is 0.0222. The second-order valence-electron chi connectivity index (χ2n) is 35.1. The molecule has 0 saturated carbocycles. The normalized spacial score (nSPS) is 13.7. The molecule has 0 aliphatic heterocycles. The van der Waals surface area contributed by atoms with Crippen LogP contribution in [-0.2, 0) is 65.4 Å². The monoisotopic (exact) mass is 1660 g/mol. The van der Waals surface area contributed by atoms with Crippen molar-refractivity contribution in [1.29, 1.82) is 0 Å².